The molecular weight excluding hydrogens is 198 g/mol. The Balaban J connectivity index is 2.02. The van der Waals surface area contributed by atoms with Gasteiger partial charge in [-0.2, -0.15) is 0 Å². The number of pyridine rings is 1. The fourth-order valence-electron chi connectivity index (χ4n) is 2.31. The Bertz CT molecular complexity index is 360. The minimum atomic E-state index is 0.231. The van der Waals surface area contributed by atoms with Gasteiger partial charge in [-0.1, -0.05) is 6.07 Å². The van der Waals surface area contributed by atoms with Gasteiger partial charge in [-0.05, 0) is 32.4 Å². The first kappa shape index (κ1) is 11.6. The molecule has 1 aliphatic heterocycles. The zero-order chi connectivity index (χ0) is 11.6. The summed E-state index contributed by atoms with van der Waals surface area (Å²) < 4.78 is 0. The minimum absolute atomic E-state index is 0.231. The SMILES string of the molecule is Cc1ncccc1CN1CCNC(C)(C)C1. The molecule has 2 rings (SSSR count). The summed E-state index contributed by atoms with van der Waals surface area (Å²) in [7, 11) is 0. The molecule has 2 heterocycles. The average Bonchev–Trinajstić information content (AvgIpc) is 2.20. The van der Waals surface area contributed by atoms with Gasteiger partial charge in [0, 0.05) is 43.6 Å². The summed E-state index contributed by atoms with van der Waals surface area (Å²) in [6, 6.07) is 4.20. The second-order valence-corrected chi connectivity index (χ2v) is 5.27. The summed E-state index contributed by atoms with van der Waals surface area (Å²) in [5.41, 5.74) is 2.73. The van der Waals surface area contributed by atoms with E-state index >= 15 is 0 Å². The summed E-state index contributed by atoms with van der Waals surface area (Å²) in [6.07, 6.45) is 1.86. The molecule has 3 heteroatoms. The maximum absolute atomic E-state index is 4.34. The fourth-order valence-corrected chi connectivity index (χ4v) is 2.31. The van der Waals surface area contributed by atoms with E-state index in [-0.39, 0.29) is 5.54 Å². The van der Waals surface area contributed by atoms with Crippen molar-refractivity contribution < 1.29 is 0 Å². The van der Waals surface area contributed by atoms with Crippen LogP contribution >= 0.6 is 0 Å². The van der Waals surface area contributed by atoms with Gasteiger partial charge in [0.05, 0.1) is 0 Å². The molecule has 1 saturated heterocycles. The largest absolute Gasteiger partial charge is 0.309 e. The van der Waals surface area contributed by atoms with Crippen LogP contribution in [0.15, 0.2) is 18.3 Å². The molecule has 3 nitrogen and oxygen atoms in total. The predicted molar refractivity (Wildman–Crippen MR) is 66.3 cm³/mol. The third-order valence-corrected chi connectivity index (χ3v) is 3.16. The number of hydrogen-bond donors (Lipinski definition) is 1. The number of nitrogens with one attached hydrogen (secondary N) is 1. The van der Waals surface area contributed by atoms with Crippen molar-refractivity contribution in [1.82, 2.24) is 15.2 Å². The molecule has 0 unspecified atom stereocenters. The zero-order valence-corrected chi connectivity index (χ0v) is 10.5. The quantitative estimate of drug-likeness (QED) is 0.818. The summed E-state index contributed by atoms with van der Waals surface area (Å²) in [4.78, 5) is 6.84. The Morgan fingerprint density at radius 1 is 1.50 bits per heavy atom. The van der Waals surface area contributed by atoms with Crippen LogP contribution in [-0.2, 0) is 6.54 Å². The van der Waals surface area contributed by atoms with E-state index in [1.165, 1.54) is 5.56 Å². The summed E-state index contributed by atoms with van der Waals surface area (Å²) in [6.45, 7) is 10.9. The molecule has 1 aromatic heterocycles. The Kier molecular flexibility index (Phi) is 3.26. The molecule has 0 spiro atoms. The lowest BCUT2D eigenvalue weighted by atomic mass is 10.0. The van der Waals surface area contributed by atoms with Crippen molar-refractivity contribution in [2.24, 2.45) is 0 Å². The fraction of sp³-hybridized carbons (Fsp3) is 0.615. The number of aryl methyl sites for hydroxylation is 1. The number of aromatic nitrogens is 1. The molecule has 88 valence electrons. The molecule has 16 heavy (non-hydrogen) atoms. The number of hydrogen-bond acceptors (Lipinski definition) is 3. The maximum atomic E-state index is 4.34. The molecule has 1 N–H and O–H groups in total. The number of rotatable bonds is 2. The molecule has 1 aliphatic rings. The Morgan fingerprint density at radius 3 is 3.00 bits per heavy atom. The molecule has 1 fully saturated rings. The van der Waals surface area contributed by atoms with E-state index in [0.29, 0.717) is 0 Å². The first-order valence-corrected chi connectivity index (χ1v) is 5.95. The Hall–Kier alpha value is -0.930. The van der Waals surface area contributed by atoms with E-state index < -0.39 is 0 Å². The van der Waals surface area contributed by atoms with Crippen molar-refractivity contribution in [2.75, 3.05) is 19.6 Å². The first-order valence-electron chi connectivity index (χ1n) is 5.95. The van der Waals surface area contributed by atoms with E-state index in [1.807, 2.05) is 12.3 Å². The normalized spacial score (nSPS) is 20.9. The van der Waals surface area contributed by atoms with Crippen molar-refractivity contribution in [1.29, 1.82) is 0 Å². The second kappa shape index (κ2) is 4.52. The predicted octanol–water partition coefficient (Wildman–Crippen LogP) is 1.57. The van der Waals surface area contributed by atoms with E-state index in [0.717, 1.165) is 31.9 Å². The molecule has 0 amide bonds. The van der Waals surface area contributed by atoms with Crippen LogP contribution in [0.2, 0.25) is 0 Å². The summed E-state index contributed by atoms with van der Waals surface area (Å²) in [5, 5.41) is 3.53. The highest BCUT2D eigenvalue weighted by molar-refractivity contribution is 5.18. The summed E-state index contributed by atoms with van der Waals surface area (Å²) >= 11 is 0. The molecule has 1 aromatic rings. The van der Waals surface area contributed by atoms with Crippen LogP contribution in [0.3, 0.4) is 0 Å². The smallest absolute Gasteiger partial charge is 0.0417 e. The number of nitrogens with zero attached hydrogens (tertiary/aromatic N) is 2. The van der Waals surface area contributed by atoms with Gasteiger partial charge in [0.1, 0.15) is 0 Å². The first-order chi connectivity index (χ1) is 7.57. The van der Waals surface area contributed by atoms with Gasteiger partial charge in [-0.25, -0.2) is 0 Å². The van der Waals surface area contributed by atoms with E-state index in [4.69, 9.17) is 0 Å². The third kappa shape index (κ3) is 2.80. The van der Waals surface area contributed by atoms with Gasteiger partial charge in [0.15, 0.2) is 0 Å². The highest BCUT2D eigenvalue weighted by atomic mass is 15.2. The van der Waals surface area contributed by atoms with Crippen LogP contribution in [0.4, 0.5) is 0 Å². The van der Waals surface area contributed by atoms with Crippen LogP contribution in [0.1, 0.15) is 25.1 Å². The van der Waals surface area contributed by atoms with Crippen LogP contribution < -0.4 is 5.32 Å². The van der Waals surface area contributed by atoms with E-state index in [2.05, 4.69) is 42.0 Å². The van der Waals surface area contributed by atoms with Gasteiger partial charge >= 0.3 is 0 Å². The lowest BCUT2D eigenvalue weighted by Crippen LogP contribution is -2.56. The van der Waals surface area contributed by atoms with Crippen LogP contribution in [-0.4, -0.2) is 35.1 Å². The molecule has 0 atom stereocenters. The van der Waals surface area contributed by atoms with Crippen molar-refractivity contribution >= 4 is 0 Å². The Morgan fingerprint density at radius 2 is 2.31 bits per heavy atom. The molecule has 0 aliphatic carbocycles. The van der Waals surface area contributed by atoms with Crippen molar-refractivity contribution in [3.05, 3.63) is 29.6 Å². The van der Waals surface area contributed by atoms with Gasteiger partial charge in [0.2, 0.25) is 0 Å². The van der Waals surface area contributed by atoms with Crippen molar-refractivity contribution in [3.8, 4) is 0 Å². The van der Waals surface area contributed by atoms with Crippen molar-refractivity contribution in [3.63, 3.8) is 0 Å². The van der Waals surface area contributed by atoms with Gasteiger partial charge in [0.25, 0.3) is 0 Å². The highest BCUT2D eigenvalue weighted by Gasteiger charge is 2.25. The summed E-state index contributed by atoms with van der Waals surface area (Å²) in [5.74, 6) is 0. The highest BCUT2D eigenvalue weighted by Crippen LogP contribution is 2.14. The van der Waals surface area contributed by atoms with Gasteiger partial charge in [-0.15, -0.1) is 0 Å². The zero-order valence-electron chi connectivity index (χ0n) is 10.5. The maximum Gasteiger partial charge on any atom is 0.0417 e. The number of piperazine rings is 1. The molecule has 0 saturated carbocycles. The lowest BCUT2D eigenvalue weighted by Gasteiger charge is -2.39. The Labute approximate surface area is 97.9 Å². The standard InChI is InChI=1S/C13H21N3/c1-11-12(5-4-6-14-11)9-16-8-7-15-13(2,3)10-16/h4-6,15H,7-10H2,1-3H3. The van der Waals surface area contributed by atoms with Crippen molar-refractivity contribution in [2.45, 2.75) is 32.9 Å². The van der Waals surface area contributed by atoms with Crippen LogP contribution in [0.25, 0.3) is 0 Å². The van der Waals surface area contributed by atoms with Crippen LogP contribution in [0, 0.1) is 6.92 Å². The lowest BCUT2D eigenvalue weighted by molar-refractivity contribution is 0.148. The monoisotopic (exact) mass is 219 g/mol. The molecule has 0 radical (unpaired) electrons. The van der Waals surface area contributed by atoms with E-state index in [1.54, 1.807) is 0 Å². The van der Waals surface area contributed by atoms with Gasteiger partial charge < -0.3 is 5.32 Å². The third-order valence-electron chi connectivity index (χ3n) is 3.16. The molecule has 0 bridgehead atoms. The topological polar surface area (TPSA) is 28.2 Å². The van der Waals surface area contributed by atoms with Gasteiger partial charge in [-0.3, -0.25) is 9.88 Å². The minimum Gasteiger partial charge on any atom is -0.309 e. The molecular formula is C13H21N3. The average molecular weight is 219 g/mol. The second-order valence-electron chi connectivity index (χ2n) is 5.27. The molecule has 0 aromatic carbocycles. The van der Waals surface area contributed by atoms with E-state index in [9.17, 15) is 0 Å². The van der Waals surface area contributed by atoms with Crippen LogP contribution in [0.5, 0.6) is 0 Å².